The van der Waals surface area contributed by atoms with E-state index in [2.05, 4.69) is 51.1 Å². The number of benzene rings is 2. The van der Waals surface area contributed by atoms with E-state index < -0.39 is 36.7 Å². The number of hydrogen-bond donors (Lipinski definition) is 7. The maximum absolute atomic E-state index is 10.4. The smallest absolute Gasteiger partial charge is 0.335 e. The van der Waals surface area contributed by atoms with Crippen molar-refractivity contribution in [1.29, 1.82) is 0 Å². The van der Waals surface area contributed by atoms with Crippen LogP contribution in [0.3, 0.4) is 0 Å². The van der Waals surface area contributed by atoms with Crippen molar-refractivity contribution in [1.82, 2.24) is 9.97 Å². The average Bonchev–Trinajstić information content (AvgIpc) is 3.44. The van der Waals surface area contributed by atoms with Gasteiger partial charge in [-0.25, -0.2) is 4.79 Å². The number of para-hydroxylation sites is 2. The fourth-order valence-corrected chi connectivity index (χ4v) is 3.06. The van der Waals surface area contributed by atoms with Gasteiger partial charge in [-0.05, 0) is 35.0 Å². The monoisotopic (exact) mass is 428 g/mol. The predicted molar refractivity (Wildman–Crippen MR) is 113 cm³/mol. The van der Waals surface area contributed by atoms with Crippen molar-refractivity contribution in [2.75, 3.05) is 0 Å². The molecule has 31 heavy (non-hydrogen) atoms. The lowest BCUT2D eigenvalue weighted by molar-refractivity contribution is -0.279. The third-order valence-electron chi connectivity index (χ3n) is 4.76. The van der Waals surface area contributed by atoms with Crippen molar-refractivity contribution in [3.8, 4) is 0 Å². The zero-order valence-corrected chi connectivity index (χ0v) is 16.4. The van der Waals surface area contributed by atoms with Crippen LogP contribution in [0.5, 0.6) is 0 Å². The lowest BCUT2D eigenvalue weighted by Gasteiger charge is -2.36. The Morgan fingerprint density at radius 3 is 1.65 bits per heavy atom. The molecule has 1 aliphatic heterocycles. The molecular weight excluding hydrogens is 404 g/mol. The number of aliphatic hydroxyl groups is 4. The Morgan fingerprint density at radius 2 is 1.19 bits per heavy atom. The molecule has 164 valence electrons. The minimum atomic E-state index is -1.81. The van der Waals surface area contributed by atoms with Gasteiger partial charge in [0, 0.05) is 23.4 Å². The number of H-pyrrole nitrogens is 2. The summed E-state index contributed by atoms with van der Waals surface area (Å²) in [6.45, 7) is 0. The van der Waals surface area contributed by atoms with Crippen LogP contribution >= 0.6 is 0 Å². The number of carbonyl (C=O) groups is 1. The predicted octanol–water partition coefficient (Wildman–Crippen LogP) is 1.21. The van der Waals surface area contributed by atoms with Gasteiger partial charge in [-0.3, -0.25) is 0 Å². The van der Waals surface area contributed by atoms with E-state index in [0.717, 1.165) is 0 Å². The van der Waals surface area contributed by atoms with E-state index in [0.29, 0.717) is 0 Å². The first-order valence-corrected chi connectivity index (χ1v) is 9.53. The molecule has 1 saturated heterocycles. The lowest BCUT2D eigenvalue weighted by Crippen LogP contribution is -2.59. The Morgan fingerprint density at radius 1 is 0.710 bits per heavy atom. The fraction of sp³-hybridized carbons (Fsp3) is 0.227. The van der Waals surface area contributed by atoms with Gasteiger partial charge in [0.1, 0.15) is 18.3 Å². The van der Waals surface area contributed by atoms with Crippen LogP contribution in [-0.4, -0.2) is 72.2 Å². The Bertz CT molecular complexity index is 983. The molecule has 9 nitrogen and oxygen atoms in total. The first-order valence-electron chi connectivity index (χ1n) is 9.53. The zero-order chi connectivity index (χ0) is 22.4. The molecule has 0 saturated carbocycles. The van der Waals surface area contributed by atoms with Gasteiger partial charge in [-0.15, -0.1) is 0 Å². The molecule has 9 heteroatoms. The third-order valence-corrected chi connectivity index (χ3v) is 4.76. The molecule has 3 heterocycles. The molecule has 2 aromatic carbocycles. The Balaban J connectivity index is 0.000000135. The Hall–Kier alpha value is -3.21. The summed E-state index contributed by atoms with van der Waals surface area (Å²) < 4.78 is 4.34. The number of fused-ring (bicyclic) bond motifs is 2. The maximum atomic E-state index is 10.4. The van der Waals surface area contributed by atoms with E-state index in [9.17, 15) is 4.79 Å². The highest BCUT2D eigenvalue weighted by atomic mass is 16.6. The molecule has 4 aromatic rings. The molecule has 0 unspecified atom stereocenters. The van der Waals surface area contributed by atoms with Gasteiger partial charge in [0.2, 0.25) is 0 Å². The summed E-state index contributed by atoms with van der Waals surface area (Å²) in [4.78, 5) is 16.6. The van der Waals surface area contributed by atoms with Gasteiger partial charge in [-0.1, -0.05) is 36.4 Å². The second-order valence-electron chi connectivity index (χ2n) is 6.89. The summed E-state index contributed by atoms with van der Waals surface area (Å²) in [5.41, 5.74) is 2.41. The highest BCUT2D eigenvalue weighted by Crippen LogP contribution is 2.19. The van der Waals surface area contributed by atoms with E-state index >= 15 is 0 Å². The number of ether oxygens (including phenoxy) is 1. The number of hydrogen-bond acceptors (Lipinski definition) is 6. The molecule has 0 spiro atoms. The number of carboxylic acid groups (broad SMARTS) is 1. The summed E-state index contributed by atoms with van der Waals surface area (Å²) in [6.07, 6.45) is -4.82. The number of rotatable bonds is 1. The first kappa shape index (κ1) is 22.5. The highest BCUT2D eigenvalue weighted by Gasteiger charge is 2.46. The van der Waals surface area contributed by atoms with Gasteiger partial charge >= 0.3 is 5.97 Å². The van der Waals surface area contributed by atoms with Crippen molar-refractivity contribution in [3.05, 3.63) is 73.1 Å². The van der Waals surface area contributed by atoms with Crippen LogP contribution in [0.15, 0.2) is 73.1 Å². The summed E-state index contributed by atoms with van der Waals surface area (Å²) in [7, 11) is 0. The number of carboxylic acids is 1. The second kappa shape index (κ2) is 10.2. The summed E-state index contributed by atoms with van der Waals surface area (Å²) in [6, 6.07) is 20.6. The number of aliphatic hydroxyl groups excluding tert-OH is 4. The highest BCUT2D eigenvalue weighted by molar-refractivity contribution is 5.79. The molecule has 0 radical (unpaired) electrons. The number of aromatic nitrogens is 2. The molecule has 1 aliphatic rings. The molecular formula is C22H24N2O7. The van der Waals surface area contributed by atoms with E-state index in [1.54, 1.807) is 0 Å². The second-order valence-corrected chi connectivity index (χ2v) is 6.89. The van der Waals surface area contributed by atoms with Gasteiger partial charge < -0.3 is 40.2 Å². The Kier molecular flexibility index (Phi) is 7.40. The standard InChI is InChI=1S/2C8H7N.C6H10O7/c2*1-2-4-8-7(3-1)5-6-9-8;7-1-2(8)4(5(10)11)13-6(12)3(1)9/h2*1-6,9H;1-4,6-9,12H,(H,10,11)/t;;1-,2-,3+,4-,6+/m..0/s1. The van der Waals surface area contributed by atoms with E-state index in [4.69, 9.17) is 25.5 Å². The first-order chi connectivity index (χ1) is 14.9. The van der Waals surface area contributed by atoms with Crippen LogP contribution in [0.4, 0.5) is 0 Å². The van der Waals surface area contributed by atoms with Crippen LogP contribution in [0.1, 0.15) is 0 Å². The largest absolute Gasteiger partial charge is 0.479 e. The van der Waals surface area contributed by atoms with Gasteiger partial charge in [0.05, 0.1) is 0 Å². The Labute approximate surface area is 177 Å². The minimum absolute atomic E-state index is 1.21. The quantitative estimate of drug-likeness (QED) is 0.240. The molecule has 7 N–H and O–H groups in total. The number of aliphatic carboxylic acids is 1. The van der Waals surface area contributed by atoms with Crippen molar-refractivity contribution >= 4 is 27.8 Å². The molecule has 0 amide bonds. The zero-order valence-electron chi connectivity index (χ0n) is 16.4. The molecule has 0 bridgehead atoms. The van der Waals surface area contributed by atoms with E-state index in [-0.39, 0.29) is 0 Å². The minimum Gasteiger partial charge on any atom is -0.479 e. The van der Waals surface area contributed by atoms with Crippen molar-refractivity contribution < 1.29 is 35.1 Å². The summed E-state index contributed by atoms with van der Waals surface area (Å²) >= 11 is 0. The van der Waals surface area contributed by atoms with E-state index in [1.807, 2.05) is 36.7 Å². The topological polar surface area (TPSA) is 159 Å². The van der Waals surface area contributed by atoms with Gasteiger partial charge in [0.25, 0.3) is 0 Å². The third kappa shape index (κ3) is 5.48. The van der Waals surface area contributed by atoms with Crippen LogP contribution < -0.4 is 0 Å². The number of aromatic amines is 2. The maximum Gasteiger partial charge on any atom is 0.335 e. The van der Waals surface area contributed by atoms with E-state index in [1.165, 1.54) is 21.8 Å². The number of nitrogens with one attached hydrogen (secondary N) is 2. The van der Waals surface area contributed by atoms with Crippen LogP contribution in [0.25, 0.3) is 21.8 Å². The molecule has 2 aromatic heterocycles. The average molecular weight is 428 g/mol. The van der Waals surface area contributed by atoms with Gasteiger partial charge in [0.15, 0.2) is 12.4 Å². The van der Waals surface area contributed by atoms with Crippen LogP contribution in [-0.2, 0) is 9.53 Å². The normalized spacial score (nSPS) is 25.2. The molecule has 0 aliphatic carbocycles. The summed E-state index contributed by atoms with van der Waals surface area (Å²) in [5.74, 6) is -1.52. The molecule has 5 atom stereocenters. The lowest BCUT2D eigenvalue weighted by atomic mass is 9.99. The van der Waals surface area contributed by atoms with Crippen molar-refractivity contribution in [2.24, 2.45) is 0 Å². The molecule has 5 rings (SSSR count). The van der Waals surface area contributed by atoms with Crippen LogP contribution in [0, 0.1) is 0 Å². The van der Waals surface area contributed by atoms with Crippen LogP contribution in [0.2, 0.25) is 0 Å². The fourth-order valence-electron chi connectivity index (χ4n) is 3.06. The summed E-state index contributed by atoms with van der Waals surface area (Å²) in [5, 5.41) is 46.9. The van der Waals surface area contributed by atoms with Crippen molar-refractivity contribution in [3.63, 3.8) is 0 Å². The van der Waals surface area contributed by atoms with Crippen molar-refractivity contribution in [2.45, 2.75) is 30.7 Å². The molecule has 1 fully saturated rings. The SMILES string of the molecule is O=C(O)[C@H]1O[C@@H](O)[C@H](O)[C@@H](O)[C@@H]1O.c1ccc2[nH]ccc2c1.c1ccc2[nH]ccc2c1. The van der Waals surface area contributed by atoms with Gasteiger partial charge in [-0.2, -0.15) is 0 Å².